The van der Waals surface area contributed by atoms with E-state index in [1.807, 2.05) is 19.0 Å². The quantitative estimate of drug-likeness (QED) is 0.832. The van der Waals surface area contributed by atoms with Gasteiger partial charge in [0.1, 0.15) is 5.82 Å². The first-order chi connectivity index (χ1) is 11.4. The maximum absolute atomic E-state index is 13.1. The maximum atomic E-state index is 13.1. The summed E-state index contributed by atoms with van der Waals surface area (Å²) < 4.78 is 13.1. The minimum Gasteiger partial charge on any atom is -0.354 e. The van der Waals surface area contributed by atoms with Gasteiger partial charge in [-0.05, 0) is 49.5 Å². The summed E-state index contributed by atoms with van der Waals surface area (Å²) in [5.41, 5.74) is 1.74. The number of nitrogens with zero attached hydrogens (tertiary/aromatic N) is 1. The van der Waals surface area contributed by atoms with Gasteiger partial charge in [0.05, 0.1) is 22.5 Å². The van der Waals surface area contributed by atoms with E-state index >= 15 is 0 Å². The minimum atomic E-state index is -0.278. The Morgan fingerprint density at radius 3 is 2.38 bits per heavy atom. The van der Waals surface area contributed by atoms with E-state index in [1.165, 1.54) is 12.1 Å². The average Bonchev–Trinajstić information content (AvgIpc) is 2.52. The highest BCUT2D eigenvalue weighted by atomic mass is 35.5. The summed E-state index contributed by atoms with van der Waals surface area (Å²) in [5.74, 6) is -0.387. The van der Waals surface area contributed by atoms with Crippen LogP contribution in [0.2, 0.25) is 10.0 Å². The fourth-order valence-electron chi connectivity index (χ4n) is 2.39. The van der Waals surface area contributed by atoms with E-state index in [4.69, 9.17) is 23.2 Å². The third-order valence-electron chi connectivity index (χ3n) is 3.72. The van der Waals surface area contributed by atoms with Crippen LogP contribution in [0.3, 0.4) is 0 Å². The molecule has 0 aliphatic carbocycles. The summed E-state index contributed by atoms with van der Waals surface area (Å²) in [6, 6.07) is 11.4. The highest BCUT2D eigenvalue weighted by molar-refractivity contribution is 6.42. The zero-order valence-corrected chi connectivity index (χ0v) is 15.0. The topological polar surface area (TPSA) is 32.3 Å². The Kier molecular flexibility index (Phi) is 6.60. The van der Waals surface area contributed by atoms with E-state index in [0.29, 0.717) is 16.6 Å². The third kappa shape index (κ3) is 5.20. The Labute approximate surface area is 151 Å². The zero-order chi connectivity index (χ0) is 17.7. The fraction of sp³-hybridized carbons (Fsp3) is 0.278. The molecule has 24 heavy (non-hydrogen) atoms. The van der Waals surface area contributed by atoms with Crippen LogP contribution in [0.25, 0.3) is 0 Å². The predicted octanol–water partition coefficient (Wildman–Crippen LogP) is 4.09. The first-order valence-electron chi connectivity index (χ1n) is 7.49. The normalized spacial score (nSPS) is 12.2. The van der Waals surface area contributed by atoms with Gasteiger partial charge in [-0.25, -0.2) is 4.39 Å². The molecule has 0 bridgehead atoms. The molecule has 0 aliphatic heterocycles. The predicted molar refractivity (Wildman–Crippen MR) is 96.0 cm³/mol. The molecule has 0 aliphatic rings. The molecule has 3 nitrogen and oxygen atoms in total. The third-order valence-corrected chi connectivity index (χ3v) is 4.46. The molecule has 0 saturated carbocycles. The molecule has 0 spiro atoms. The van der Waals surface area contributed by atoms with Crippen LogP contribution >= 0.6 is 23.2 Å². The van der Waals surface area contributed by atoms with Gasteiger partial charge in [0, 0.05) is 6.54 Å². The van der Waals surface area contributed by atoms with Crippen LogP contribution in [0.15, 0.2) is 42.5 Å². The second-order valence-electron chi connectivity index (χ2n) is 5.76. The SMILES string of the molecule is CN(C)C(CNC(=O)Cc1ccc(Cl)c(Cl)c1)c1ccc(F)cc1. The van der Waals surface area contributed by atoms with Crippen molar-refractivity contribution < 1.29 is 9.18 Å². The standard InChI is InChI=1S/C18H19Cl2FN2O/c1-23(2)17(13-4-6-14(21)7-5-13)11-22-18(24)10-12-3-8-15(19)16(20)9-12/h3-9,17H,10-11H2,1-2H3,(H,22,24). The smallest absolute Gasteiger partial charge is 0.224 e. The van der Waals surface area contributed by atoms with E-state index in [-0.39, 0.29) is 24.2 Å². The van der Waals surface area contributed by atoms with Crippen LogP contribution in [0.1, 0.15) is 17.2 Å². The monoisotopic (exact) mass is 368 g/mol. The van der Waals surface area contributed by atoms with Gasteiger partial charge in [0.25, 0.3) is 0 Å². The summed E-state index contributed by atoms with van der Waals surface area (Å²) in [5, 5.41) is 3.80. The van der Waals surface area contributed by atoms with Gasteiger partial charge < -0.3 is 10.2 Å². The lowest BCUT2D eigenvalue weighted by Gasteiger charge is -2.25. The highest BCUT2D eigenvalue weighted by Gasteiger charge is 2.15. The van der Waals surface area contributed by atoms with E-state index in [1.54, 1.807) is 30.3 Å². The number of amides is 1. The van der Waals surface area contributed by atoms with Crippen molar-refractivity contribution in [3.05, 3.63) is 69.5 Å². The molecule has 1 N–H and O–H groups in total. The number of rotatable bonds is 6. The fourth-order valence-corrected chi connectivity index (χ4v) is 2.71. The number of carbonyl (C=O) groups excluding carboxylic acids is 1. The number of nitrogens with one attached hydrogen (secondary N) is 1. The van der Waals surface area contributed by atoms with Crippen molar-refractivity contribution in [3.8, 4) is 0 Å². The number of likely N-dealkylation sites (N-methyl/N-ethyl adjacent to an activating group) is 1. The Morgan fingerprint density at radius 2 is 1.79 bits per heavy atom. The van der Waals surface area contributed by atoms with Crippen molar-refractivity contribution in [3.63, 3.8) is 0 Å². The molecule has 6 heteroatoms. The van der Waals surface area contributed by atoms with Crippen molar-refractivity contribution in [1.82, 2.24) is 10.2 Å². The summed E-state index contributed by atoms with van der Waals surface area (Å²) in [6.45, 7) is 0.429. The van der Waals surface area contributed by atoms with Gasteiger partial charge in [0.15, 0.2) is 0 Å². The van der Waals surface area contributed by atoms with Crippen LogP contribution in [0.4, 0.5) is 4.39 Å². The van der Waals surface area contributed by atoms with Gasteiger partial charge in [-0.1, -0.05) is 41.4 Å². The molecule has 1 unspecified atom stereocenters. The highest BCUT2D eigenvalue weighted by Crippen LogP contribution is 2.23. The van der Waals surface area contributed by atoms with Crippen LogP contribution in [-0.4, -0.2) is 31.4 Å². The first-order valence-corrected chi connectivity index (χ1v) is 8.25. The van der Waals surface area contributed by atoms with Gasteiger partial charge >= 0.3 is 0 Å². The van der Waals surface area contributed by atoms with Gasteiger partial charge in [-0.15, -0.1) is 0 Å². The second kappa shape index (κ2) is 8.47. The Hall–Kier alpha value is -1.62. The molecule has 0 saturated heterocycles. The summed E-state index contributed by atoms with van der Waals surface area (Å²) >= 11 is 11.8. The molecule has 2 rings (SSSR count). The number of halogens is 3. The van der Waals surface area contributed by atoms with E-state index in [0.717, 1.165) is 11.1 Å². The average molecular weight is 369 g/mol. The van der Waals surface area contributed by atoms with Crippen LogP contribution in [0.5, 0.6) is 0 Å². The molecular weight excluding hydrogens is 350 g/mol. The Balaban J connectivity index is 1.97. The molecule has 1 atom stereocenters. The number of benzene rings is 2. The Bertz CT molecular complexity index is 705. The first kappa shape index (κ1) is 18.7. The second-order valence-corrected chi connectivity index (χ2v) is 6.57. The summed E-state index contributed by atoms with van der Waals surface area (Å²) in [7, 11) is 3.83. The molecule has 0 radical (unpaired) electrons. The van der Waals surface area contributed by atoms with Gasteiger partial charge in [0.2, 0.25) is 5.91 Å². The number of hydrogen-bond acceptors (Lipinski definition) is 2. The van der Waals surface area contributed by atoms with Crippen molar-refractivity contribution in [2.24, 2.45) is 0 Å². The van der Waals surface area contributed by atoms with E-state index in [9.17, 15) is 9.18 Å². The lowest BCUT2D eigenvalue weighted by atomic mass is 10.1. The maximum Gasteiger partial charge on any atom is 0.224 e. The molecule has 0 aromatic heterocycles. The molecule has 128 valence electrons. The van der Waals surface area contributed by atoms with Crippen LogP contribution in [0, 0.1) is 5.82 Å². The lowest BCUT2D eigenvalue weighted by molar-refractivity contribution is -0.120. The molecule has 0 fully saturated rings. The zero-order valence-electron chi connectivity index (χ0n) is 13.5. The molecule has 2 aromatic carbocycles. The largest absolute Gasteiger partial charge is 0.354 e. The van der Waals surface area contributed by atoms with Crippen LogP contribution in [-0.2, 0) is 11.2 Å². The molecular formula is C18H19Cl2FN2O. The van der Waals surface area contributed by atoms with Crippen molar-refractivity contribution in [2.75, 3.05) is 20.6 Å². The van der Waals surface area contributed by atoms with E-state index in [2.05, 4.69) is 5.32 Å². The lowest BCUT2D eigenvalue weighted by Crippen LogP contribution is -2.35. The molecule has 1 amide bonds. The van der Waals surface area contributed by atoms with E-state index < -0.39 is 0 Å². The van der Waals surface area contributed by atoms with Crippen LogP contribution < -0.4 is 5.32 Å². The number of hydrogen-bond donors (Lipinski definition) is 1. The summed E-state index contributed by atoms with van der Waals surface area (Å²) in [6.07, 6.45) is 0.223. The number of carbonyl (C=O) groups is 1. The van der Waals surface area contributed by atoms with Crippen molar-refractivity contribution in [2.45, 2.75) is 12.5 Å². The van der Waals surface area contributed by atoms with Crippen molar-refractivity contribution >= 4 is 29.1 Å². The molecule has 2 aromatic rings. The summed E-state index contributed by atoms with van der Waals surface area (Å²) in [4.78, 5) is 14.1. The minimum absolute atomic E-state index is 0.0386. The van der Waals surface area contributed by atoms with Crippen molar-refractivity contribution in [1.29, 1.82) is 0 Å². The van der Waals surface area contributed by atoms with Gasteiger partial charge in [-0.2, -0.15) is 0 Å². The van der Waals surface area contributed by atoms with Gasteiger partial charge in [-0.3, -0.25) is 4.79 Å². The Morgan fingerprint density at radius 1 is 1.12 bits per heavy atom. The molecule has 0 heterocycles.